The van der Waals surface area contributed by atoms with Crippen LogP contribution in [0.3, 0.4) is 0 Å². The first-order valence-corrected chi connectivity index (χ1v) is 16.0. The molecule has 4 rings (SSSR count). The van der Waals surface area contributed by atoms with Crippen LogP contribution in [0.4, 0.5) is 0 Å². The topological polar surface area (TPSA) is 54.9 Å². The van der Waals surface area contributed by atoms with Crippen molar-refractivity contribution in [1.29, 1.82) is 0 Å². The van der Waals surface area contributed by atoms with Gasteiger partial charge in [0.2, 0.25) is 0 Å². The Kier molecular flexibility index (Phi) is 12.9. The molecule has 0 saturated heterocycles. The summed E-state index contributed by atoms with van der Waals surface area (Å²) in [6, 6.07) is 25.9. The number of rotatable bonds is 18. The minimum atomic E-state index is -0.0446. The van der Waals surface area contributed by atoms with E-state index < -0.39 is 0 Å². The number of benzene rings is 3. The summed E-state index contributed by atoms with van der Waals surface area (Å²) in [4.78, 5) is 22.9. The van der Waals surface area contributed by atoms with Crippen LogP contribution in [0.5, 0.6) is 0 Å². The summed E-state index contributed by atoms with van der Waals surface area (Å²) in [6.45, 7) is 2.99. The molecular formula is C37H47N3O. The summed E-state index contributed by atoms with van der Waals surface area (Å²) in [5, 5.41) is 3.10. The molecule has 0 unspecified atom stereocenters. The molecule has 1 amide bonds. The van der Waals surface area contributed by atoms with E-state index in [9.17, 15) is 4.79 Å². The van der Waals surface area contributed by atoms with E-state index in [0.29, 0.717) is 12.1 Å². The van der Waals surface area contributed by atoms with Gasteiger partial charge in [0.1, 0.15) is 0 Å². The molecule has 0 fully saturated rings. The lowest BCUT2D eigenvalue weighted by atomic mass is 10.0. The summed E-state index contributed by atoms with van der Waals surface area (Å²) in [5.74, 6) is -0.0446. The summed E-state index contributed by atoms with van der Waals surface area (Å²) in [7, 11) is 0. The van der Waals surface area contributed by atoms with Gasteiger partial charge in [0.25, 0.3) is 5.91 Å². The number of fused-ring (bicyclic) bond motifs is 1. The molecule has 0 aliphatic heterocycles. The van der Waals surface area contributed by atoms with Crippen LogP contribution in [0, 0.1) is 0 Å². The highest BCUT2D eigenvalue weighted by Crippen LogP contribution is 2.31. The molecule has 4 aromatic rings. The Labute approximate surface area is 247 Å². The van der Waals surface area contributed by atoms with Gasteiger partial charge in [-0.1, -0.05) is 151 Å². The number of hydrogen-bond donors (Lipinski definition) is 1. The minimum absolute atomic E-state index is 0.0446. The zero-order valence-electron chi connectivity index (χ0n) is 24.9. The van der Waals surface area contributed by atoms with Crippen molar-refractivity contribution in [3.05, 3.63) is 84.4 Å². The third-order valence-corrected chi connectivity index (χ3v) is 7.84. The standard InChI is InChI=1S/C37H47N3O/c1-2-3-4-5-6-7-8-9-10-11-12-13-14-21-28-38-37(41)32-26-27-33-34(29-32)40-36(31-24-19-16-20-25-31)35(39-33)30-22-17-15-18-23-30/h15-20,22-27,29H,2-14,21,28H2,1H3,(H,38,41). The molecule has 3 aromatic carbocycles. The van der Waals surface area contributed by atoms with E-state index in [1.807, 2.05) is 54.6 Å². The Morgan fingerprint density at radius 3 is 1.54 bits per heavy atom. The summed E-state index contributed by atoms with van der Waals surface area (Å²) < 4.78 is 0. The van der Waals surface area contributed by atoms with Crippen LogP contribution in [-0.2, 0) is 0 Å². The van der Waals surface area contributed by atoms with Crippen LogP contribution in [0.1, 0.15) is 107 Å². The highest BCUT2D eigenvalue weighted by atomic mass is 16.1. The van der Waals surface area contributed by atoms with Crippen LogP contribution >= 0.6 is 0 Å². The fourth-order valence-electron chi connectivity index (χ4n) is 5.41. The predicted molar refractivity (Wildman–Crippen MR) is 173 cm³/mol. The second-order valence-electron chi connectivity index (χ2n) is 11.2. The first kappa shape index (κ1) is 30.4. The van der Waals surface area contributed by atoms with Gasteiger partial charge in [0.15, 0.2) is 0 Å². The maximum Gasteiger partial charge on any atom is 0.251 e. The molecule has 1 heterocycles. The van der Waals surface area contributed by atoms with Gasteiger partial charge in [-0.2, -0.15) is 0 Å². The molecule has 0 aliphatic rings. The van der Waals surface area contributed by atoms with Crippen LogP contribution in [0.25, 0.3) is 33.5 Å². The molecule has 216 valence electrons. The van der Waals surface area contributed by atoms with Crippen LogP contribution in [0.15, 0.2) is 78.9 Å². The molecule has 1 aromatic heterocycles. The third kappa shape index (κ3) is 9.81. The number of hydrogen-bond acceptors (Lipinski definition) is 3. The number of aromatic nitrogens is 2. The zero-order chi connectivity index (χ0) is 28.5. The van der Waals surface area contributed by atoms with E-state index in [2.05, 4.69) is 36.5 Å². The molecule has 0 radical (unpaired) electrons. The van der Waals surface area contributed by atoms with Crippen molar-refractivity contribution in [3.63, 3.8) is 0 Å². The number of amides is 1. The monoisotopic (exact) mass is 549 g/mol. The Morgan fingerprint density at radius 2 is 1.02 bits per heavy atom. The molecular weight excluding hydrogens is 502 g/mol. The Hall–Kier alpha value is -3.53. The largest absolute Gasteiger partial charge is 0.352 e. The summed E-state index contributed by atoms with van der Waals surface area (Å²) in [5.41, 5.74) is 5.84. The fourth-order valence-corrected chi connectivity index (χ4v) is 5.41. The van der Waals surface area contributed by atoms with Crippen molar-refractivity contribution in [2.24, 2.45) is 0 Å². The van der Waals surface area contributed by atoms with Gasteiger partial charge in [-0.3, -0.25) is 4.79 Å². The first-order valence-electron chi connectivity index (χ1n) is 16.0. The molecule has 0 spiro atoms. The highest BCUT2D eigenvalue weighted by Gasteiger charge is 2.14. The van der Waals surface area contributed by atoms with E-state index in [1.54, 1.807) is 0 Å². The smallest absolute Gasteiger partial charge is 0.251 e. The maximum atomic E-state index is 12.9. The number of nitrogens with one attached hydrogen (secondary N) is 1. The highest BCUT2D eigenvalue weighted by molar-refractivity contribution is 5.98. The van der Waals surface area contributed by atoms with Crippen LogP contribution in [0.2, 0.25) is 0 Å². The lowest BCUT2D eigenvalue weighted by molar-refractivity contribution is 0.0953. The molecule has 4 nitrogen and oxygen atoms in total. The quantitative estimate of drug-likeness (QED) is 0.126. The van der Waals surface area contributed by atoms with Gasteiger partial charge in [-0.25, -0.2) is 9.97 Å². The van der Waals surface area contributed by atoms with Crippen molar-refractivity contribution in [2.75, 3.05) is 6.54 Å². The normalized spacial score (nSPS) is 11.1. The van der Waals surface area contributed by atoms with Gasteiger partial charge in [-0.15, -0.1) is 0 Å². The summed E-state index contributed by atoms with van der Waals surface area (Å²) >= 11 is 0. The predicted octanol–water partition coefficient (Wildman–Crippen LogP) is 10.2. The summed E-state index contributed by atoms with van der Waals surface area (Å²) in [6.07, 6.45) is 18.7. The molecule has 1 N–H and O–H groups in total. The second-order valence-corrected chi connectivity index (χ2v) is 11.2. The molecule has 0 aliphatic carbocycles. The van der Waals surface area contributed by atoms with Gasteiger partial charge >= 0.3 is 0 Å². The van der Waals surface area contributed by atoms with Crippen LogP contribution in [-0.4, -0.2) is 22.4 Å². The Morgan fingerprint density at radius 1 is 0.561 bits per heavy atom. The van der Waals surface area contributed by atoms with Crippen molar-refractivity contribution >= 4 is 16.9 Å². The van der Waals surface area contributed by atoms with Gasteiger partial charge in [0.05, 0.1) is 22.4 Å². The number of carbonyl (C=O) groups is 1. The van der Waals surface area contributed by atoms with E-state index >= 15 is 0 Å². The van der Waals surface area contributed by atoms with Crippen LogP contribution < -0.4 is 5.32 Å². The first-order chi connectivity index (χ1) is 20.3. The van der Waals surface area contributed by atoms with Crippen molar-refractivity contribution in [2.45, 2.75) is 96.8 Å². The van der Waals surface area contributed by atoms with Crippen molar-refractivity contribution < 1.29 is 4.79 Å². The van der Waals surface area contributed by atoms with Gasteiger partial charge in [-0.05, 0) is 24.6 Å². The van der Waals surface area contributed by atoms with Crippen molar-refractivity contribution in [3.8, 4) is 22.5 Å². The number of unbranched alkanes of at least 4 members (excludes halogenated alkanes) is 13. The number of nitrogens with zero attached hydrogens (tertiary/aromatic N) is 2. The third-order valence-electron chi connectivity index (χ3n) is 7.84. The van der Waals surface area contributed by atoms with E-state index in [0.717, 1.165) is 40.0 Å². The minimum Gasteiger partial charge on any atom is -0.352 e. The van der Waals surface area contributed by atoms with Gasteiger partial charge in [0, 0.05) is 23.2 Å². The van der Waals surface area contributed by atoms with Gasteiger partial charge < -0.3 is 5.32 Å². The molecule has 0 saturated carbocycles. The van der Waals surface area contributed by atoms with E-state index in [1.165, 1.54) is 83.5 Å². The molecule has 0 bridgehead atoms. The number of carbonyl (C=O) groups excluding carboxylic acids is 1. The van der Waals surface area contributed by atoms with Crippen molar-refractivity contribution in [1.82, 2.24) is 15.3 Å². The second kappa shape index (κ2) is 17.3. The maximum absolute atomic E-state index is 12.9. The average molecular weight is 550 g/mol. The average Bonchev–Trinajstić information content (AvgIpc) is 3.02. The zero-order valence-corrected chi connectivity index (χ0v) is 24.9. The SMILES string of the molecule is CCCCCCCCCCCCCCCCNC(=O)c1ccc2nc(-c3ccccc3)c(-c3ccccc3)nc2c1. The molecule has 41 heavy (non-hydrogen) atoms. The lowest BCUT2D eigenvalue weighted by Crippen LogP contribution is -2.24. The fraction of sp³-hybridized carbons (Fsp3) is 0.432. The molecule has 0 atom stereocenters. The molecule has 4 heteroatoms. The van der Waals surface area contributed by atoms with E-state index in [-0.39, 0.29) is 5.91 Å². The Balaban J connectivity index is 1.22. The Bertz CT molecular complexity index is 1320. The van der Waals surface area contributed by atoms with E-state index in [4.69, 9.17) is 9.97 Å². The lowest BCUT2D eigenvalue weighted by Gasteiger charge is -2.11.